The third kappa shape index (κ3) is 2.33. The van der Waals surface area contributed by atoms with Gasteiger partial charge in [-0.1, -0.05) is 0 Å². The number of nitro groups is 1. The van der Waals surface area contributed by atoms with Crippen LogP contribution in [0.1, 0.15) is 22.5 Å². The summed E-state index contributed by atoms with van der Waals surface area (Å²) < 4.78 is 24.9. The van der Waals surface area contributed by atoms with Gasteiger partial charge in [-0.05, 0) is 27.5 Å². The number of carbonyl (C=O) groups excluding carboxylic acids is 1. The van der Waals surface area contributed by atoms with Gasteiger partial charge in [-0.25, -0.2) is 13.8 Å². The van der Waals surface area contributed by atoms with Crippen LogP contribution in [0.15, 0.2) is 10.7 Å². The standard InChI is InChI=1S/C7H2BrClF2N2O3/c8-2-1-12-4(6(9)14)5(13(15)16)3(2)7(10)11/h1,7H. The summed E-state index contributed by atoms with van der Waals surface area (Å²) in [6.07, 6.45) is -2.25. The van der Waals surface area contributed by atoms with Crippen LogP contribution < -0.4 is 0 Å². The van der Waals surface area contributed by atoms with Crippen LogP contribution in [0.5, 0.6) is 0 Å². The number of hydrogen-bond donors (Lipinski definition) is 0. The molecular formula is C7H2BrClF2N2O3. The Hall–Kier alpha value is -1.15. The van der Waals surface area contributed by atoms with E-state index in [1.54, 1.807) is 0 Å². The minimum atomic E-state index is -3.12. The molecule has 0 aliphatic carbocycles. The highest BCUT2D eigenvalue weighted by Gasteiger charge is 2.32. The van der Waals surface area contributed by atoms with Gasteiger partial charge < -0.3 is 0 Å². The molecule has 86 valence electrons. The monoisotopic (exact) mass is 314 g/mol. The molecule has 1 aromatic rings. The van der Waals surface area contributed by atoms with E-state index in [2.05, 4.69) is 20.9 Å². The highest BCUT2D eigenvalue weighted by molar-refractivity contribution is 9.10. The van der Waals surface area contributed by atoms with Crippen LogP contribution in [0.3, 0.4) is 0 Å². The van der Waals surface area contributed by atoms with Crippen LogP contribution >= 0.6 is 27.5 Å². The molecule has 0 fully saturated rings. The van der Waals surface area contributed by atoms with Crippen LogP contribution in [0.4, 0.5) is 14.5 Å². The van der Waals surface area contributed by atoms with Gasteiger partial charge >= 0.3 is 5.69 Å². The molecule has 16 heavy (non-hydrogen) atoms. The molecule has 0 saturated carbocycles. The van der Waals surface area contributed by atoms with E-state index in [1.807, 2.05) is 0 Å². The fourth-order valence-corrected chi connectivity index (χ4v) is 1.63. The highest BCUT2D eigenvalue weighted by Crippen LogP contribution is 2.36. The molecule has 0 aromatic carbocycles. The summed E-state index contributed by atoms with van der Waals surface area (Å²) in [5, 5.41) is 9.34. The zero-order valence-electron chi connectivity index (χ0n) is 7.29. The number of halogens is 4. The van der Waals surface area contributed by atoms with Gasteiger partial charge in [-0.2, -0.15) is 0 Å². The lowest BCUT2D eigenvalue weighted by Gasteiger charge is -2.05. The maximum atomic E-state index is 12.6. The second-order valence-electron chi connectivity index (χ2n) is 2.55. The largest absolute Gasteiger partial charge is 0.309 e. The van der Waals surface area contributed by atoms with Crippen molar-refractivity contribution in [3.63, 3.8) is 0 Å². The van der Waals surface area contributed by atoms with E-state index in [0.717, 1.165) is 6.20 Å². The Kier molecular flexibility index (Phi) is 3.87. The second-order valence-corrected chi connectivity index (χ2v) is 3.75. The summed E-state index contributed by atoms with van der Waals surface area (Å²) >= 11 is 7.71. The molecular weight excluding hydrogens is 313 g/mol. The summed E-state index contributed by atoms with van der Waals surface area (Å²) in [4.78, 5) is 23.6. The summed E-state index contributed by atoms with van der Waals surface area (Å²) in [7, 11) is 0. The molecule has 0 radical (unpaired) electrons. The van der Waals surface area contributed by atoms with E-state index in [9.17, 15) is 23.7 Å². The van der Waals surface area contributed by atoms with E-state index in [0.29, 0.717) is 0 Å². The summed E-state index contributed by atoms with van der Waals surface area (Å²) in [6, 6.07) is 0. The average Bonchev–Trinajstić information content (AvgIpc) is 2.15. The van der Waals surface area contributed by atoms with Gasteiger partial charge in [0.15, 0.2) is 0 Å². The smallest absolute Gasteiger partial charge is 0.274 e. The predicted molar refractivity (Wildman–Crippen MR) is 53.7 cm³/mol. The molecule has 5 nitrogen and oxygen atoms in total. The van der Waals surface area contributed by atoms with E-state index in [1.165, 1.54) is 0 Å². The van der Waals surface area contributed by atoms with Gasteiger partial charge in [0.05, 0.1) is 9.40 Å². The Balaban J connectivity index is 3.63. The third-order valence-corrected chi connectivity index (χ3v) is 2.44. The number of aromatic nitrogens is 1. The van der Waals surface area contributed by atoms with Crippen molar-refractivity contribution in [3.8, 4) is 0 Å². The van der Waals surface area contributed by atoms with Crippen molar-refractivity contribution in [2.45, 2.75) is 6.43 Å². The Morgan fingerprint density at radius 3 is 2.56 bits per heavy atom. The summed E-state index contributed by atoms with van der Waals surface area (Å²) in [5.41, 5.74) is -2.79. The Morgan fingerprint density at radius 2 is 2.19 bits per heavy atom. The van der Waals surface area contributed by atoms with Crippen LogP contribution in [0.2, 0.25) is 0 Å². The molecule has 0 amide bonds. The first-order valence-electron chi connectivity index (χ1n) is 3.67. The quantitative estimate of drug-likeness (QED) is 0.488. The van der Waals surface area contributed by atoms with E-state index >= 15 is 0 Å². The minimum Gasteiger partial charge on any atom is -0.274 e. The molecule has 9 heteroatoms. The lowest BCUT2D eigenvalue weighted by atomic mass is 10.2. The van der Waals surface area contributed by atoms with Gasteiger partial charge in [0.25, 0.3) is 11.7 Å². The van der Waals surface area contributed by atoms with E-state index in [4.69, 9.17) is 11.6 Å². The molecule has 0 atom stereocenters. The zero-order valence-corrected chi connectivity index (χ0v) is 9.63. The van der Waals surface area contributed by atoms with Crippen molar-refractivity contribution in [3.05, 3.63) is 32.0 Å². The SMILES string of the molecule is O=C(Cl)c1ncc(Br)c(C(F)F)c1[N+](=O)[O-]. The first kappa shape index (κ1) is 12.9. The fourth-order valence-electron chi connectivity index (χ4n) is 1.03. The molecule has 0 aliphatic heterocycles. The van der Waals surface area contributed by atoms with Crippen molar-refractivity contribution in [1.29, 1.82) is 0 Å². The molecule has 1 aromatic heterocycles. The maximum absolute atomic E-state index is 12.6. The molecule has 0 unspecified atom stereocenters. The average molecular weight is 315 g/mol. The Bertz CT molecular complexity index is 469. The predicted octanol–water partition coefficient (Wildman–Crippen LogP) is 3.07. The Labute approximate surface area is 101 Å². The maximum Gasteiger partial charge on any atom is 0.309 e. The lowest BCUT2D eigenvalue weighted by molar-refractivity contribution is -0.386. The molecule has 0 bridgehead atoms. The van der Waals surface area contributed by atoms with E-state index < -0.39 is 33.5 Å². The molecule has 1 heterocycles. The van der Waals surface area contributed by atoms with Gasteiger partial charge in [-0.15, -0.1) is 0 Å². The van der Waals surface area contributed by atoms with Crippen LogP contribution in [0.25, 0.3) is 0 Å². The Morgan fingerprint density at radius 1 is 1.62 bits per heavy atom. The van der Waals surface area contributed by atoms with Crippen LogP contribution in [-0.2, 0) is 0 Å². The molecule has 0 spiro atoms. The number of pyridine rings is 1. The number of nitrogens with zero attached hydrogens (tertiary/aromatic N) is 2. The normalized spacial score (nSPS) is 10.6. The zero-order chi connectivity index (χ0) is 12.5. The second kappa shape index (κ2) is 4.79. The van der Waals surface area contributed by atoms with Gasteiger partial charge in [-0.3, -0.25) is 14.9 Å². The van der Waals surface area contributed by atoms with Gasteiger partial charge in [0.1, 0.15) is 5.56 Å². The van der Waals surface area contributed by atoms with Gasteiger partial charge in [0.2, 0.25) is 5.69 Å². The fraction of sp³-hybridized carbons (Fsp3) is 0.143. The molecule has 1 rings (SSSR count). The number of carbonyl (C=O) groups is 1. The number of alkyl halides is 2. The van der Waals surface area contributed by atoms with Crippen molar-refractivity contribution < 1.29 is 18.5 Å². The molecule has 0 aliphatic rings. The highest BCUT2D eigenvalue weighted by atomic mass is 79.9. The number of hydrogen-bond acceptors (Lipinski definition) is 4. The van der Waals surface area contributed by atoms with Crippen molar-refractivity contribution in [2.24, 2.45) is 0 Å². The van der Waals surface area contributed by atoms with Crippen LogP contribution in [0, 0.1) is 10.1 Å². The van der Waals surface area contributed by atoms with Crippen LogP contribution in [-0.4, -0.2) is 15.1 Å². The first-order chi connectivity index (χ1) is 7.36. The van der Waals surface area contributed by atoms with Crippen molar-refractivity contribution >= 4 is 38.5 Å². The number of rotatable bonds is 3. The summed E-state index contributed by atoms with van der Waals surface area (Å²) in [6.45, 7) is 0. The minimum absolute atomic E-state index is 0.254. The first-order valence-corrected chi connectivity index (χ1v) is 4.84. The third-order valence-electron chi connectivity index (χ3n) is 1.63. The molecule has 0 saturated heterocycles. The van der Waals surface area contributed by atoms with Crippen molar-refractivity contribution in [1.82, 2.24) is 4.98 Å². The topological polar surface area (TPSA) is 73.1 Å². The van der Waals surface area contributed by atoms with Crippen molar-refractivity contribution in [2.75, 3.05) is 0 Å². The lowest BCUT2D eigenvalue weighted by Crippen LogP contribution is -2.06. The molecule has 0 N–H and O–H groups in total. The van der Waals surface area contributed by atoms with E-state index in [-0.39, 0.29) is 4.47 Å². The summed E-state index contributed by atoms with van der Waals surface area (Å²) in [5.74, 6) is 0. The van der Waals surface area contributed by atoms with Gasteiger partial charge in [0, 0.05) is 6.20 Å².